The third-order valence-corrected chi connectivity index (χ3v) is 1.80. The zero-order chi connectivity index (χ0) is 10.6. The smallest absolute Gasteiger partial charge is 0.322 e. The molecular formula is C10H10N2O2. The van der Waals surface area contributed by atoms with Crippen LogP contribution in [-0.4, -0.2) is 17.6 Å². The number of carboxylic acid groups (broad SMARTS) is 1. The number of aliphatic carboxylic acids is 1. The Morgan fingerprint density at radius 2 is 2.36 bits per heavy atom. The number of carboxylic acids is 1. The fourth-order valence-electron chi connectivity index (χ4n) is 1.05. The van der Waals surface area contributed by atoms with Crippen molar-refractivity contribution in [1.82, 2.24) is 0 Å². The summed E-state index contributed by atoms with van der Waals surface area (Å²) in [5.74, 6) is -0.924. The number of anilines is 1. The Labute approximate surface area is 81.8 Å². The molecule has 1 rings (SSSR count). The minimum absolute atomic E-state index is 0.143. The third-order valence-electron chi connectivity index (χ3n) is 1.80. The second kappa shape index (κ2) is 4.28. The molecule has 0 bridgehead atoms. The van der Waals surface area contributed by atoms with Crippen molar-refractivity contribution in [2.24, 2.45) is 0 Å². The molecule has 0 amide bonds. The molecular weight excluding hydrogens is 180 g/mol. The number of nitriles is 1. The molecule has 1 aromatic carbocycles. The molecule has 0 radical (unpaired) electrons. The van der Waals surface area contributed by atoms with Crippen LogP contribution in [0.3, 0.4) is 0 Å². The van der Waals surface area contributed by atoms with Crippen LogP contribution in [0.25, 0.3) is 0 Å². The Bertz CT molecular complexity index is 394. The normalized spacial score (nSPS) is 9.14. The van der Waals surface area contributed by atoms with E-state index >= 15 is 0 Å². The van der Waals surface area contributed by atoms with E-state index in [1.807, 2.05) is 13.0 Å². The summed E-state index contributed by atoms with van der Waals surface area (Å²) in [5, 5.41) is 19.8. The monoisotopic (exact) mass is 190 g/mol. The van der Waals surface area contributed by atoms with E-state index < -0.39 is 5.97 Å². The van der Waals surface area contributed by atoms with Crippen molar-refractivity contribution >= 4 is 11.7 Å². The fraction of sp³-hybridized carbons (Fsp3) is 0.200. The van der Waals surface area contributed by atoms with E-state index in [1.165, 1.54) is 0 Å². The number of rotatable bonds is 3. The first-order valence-electron chi connectivity index (χ1n) is 4.10. The predicted molar refractivity (Wildman–Crippen MR) is 52.0 cm³/mol. The van der Waals surface area contributed by atoms with Gasteiger partial charge in [-0.25, -0.2) is 0 Å². The van der Waals surface area contributed by atoms with Crippen molar-refractivity contribution in [2.75, 3.05) is 11.9 Å². The van der Waals surface area contributed by atoms with Gasteiger partial charge in [-0.15, -0.1) is 0 Å². The Hall–Kier alpha value is -2.02. The van der Waals surface area contributed by atoms with Gasteiger partial charge >= 0.3 is 5.97 Å². The van der Waals surface area contributed by atoms with Crippen LogP contribution >= 0.6 is 0 Å². The van der Waals surface area contributed by atoms with Crippen LogP contribution in [-0.2, 0) is 4.79 Å². The van der Waals surface area contributed by atoms with Crippen LogP contribution in [0.1, 0.15) is 11.1 Å². The molecule has 72 valence electrons. The van der Waals surface area contributed by atoms with Crippen molar-refractivity contribution in [3.63, 3.8) is 0 Å². The van der Waals surface area contributed by atoms with Gasteiger partial charge in [0.15, 0.2) is 0 Å². The van der Waals surface area contributed by atoms with Gasteiger partial charge < -0.3 is 10.4 Å². The molecule has 14 heavy (non-hydrogen) atoms. The standard InChI is InChI=1S/C10H10N2O2/c1-7-2-3-8(5-11)4-9(7)12-6-10(13)14/h2-4,12H,6H2,1H3,(H,13,14). The molecule has 0 fully saturated rings. The quantitative estimate of drug-likeness (QED) is 0.754. The van der Waals surface area contributed by atoms with E-state index in [0.29, 0.717) is 11.3 Å². The van der Waals surface area contributed by atoms with E-state index in [2.05, 4.69) is 5.32 Å². The Kier molecular flexibility index (Phi) is 3.08. The van der Waals surface area contributed by atoms with Crippen molar-refractivity contribution in [3.05, 3.63) is 29.3 Å². The van der Waals surface area contributed by atoms with Gasteiger partial charge in [0.05, 0.1) is 11.6 Å². The molecule has 0 saturated carbocycles. The second-order valence-electron chi connectivity index (χ2n) is 2.89. The summed E-state index contributed by atoms with van der Waals surface area (Å²) in [6.45, 7) is 1.71. The molecule has 0 aliphatic rings. The molecule has 4 heteroatoms. The number of benzene rings is 1. The average molecular weight is 190 g/mol. The van der Waals surface area contributed by atoms with Crippen molar-refractivity contribution in [2.45, 2.75) is 6.92 Å². The van der Waals surface area contributed by atoms with Crippen LogP contribution in [0.4, 0.5) is 5.69 Å². The summed E-state index contributed by atoms with van der Waals surface area (Å²) in [5.41, 5.74) is 2.13. The molecule has 0 aliphatic carbocycles. The summed E-state index contributed by atoms with van der Waals surface area (Å²) in [6.07, 6.45) is 0. The van der Waals surface area contributed by atoms with Gasteiger partial charge in [-0.2, -0.15) is 5.26 Å². The summed E-state index contributed by atoms with van der Waals surface area (Å²) in [6, 6.07) is 7.11. The second-order valence-corrected chi connectivity index (χ2v) is 2.89. The third kappa shape index (κ3) is 2.49. The molecule has 2 N–H and O–H groups in total. The number of hydrogen-bond donors (Lipinski definition) is 2. The van der Waals surface area contributed by atoms with Gasteiger partial charge in [0, 0.05) is 5.69 Å². The summed E-state index contributed by atoms with van der Waals surface area (Å²) < 4.78 is 0. The summed E-state index contributed by atoms with van der Waals surface area (Å²) in [4.78, 5) is 10.3. The molecule has 0 heterocycles. The average Bonchev–Trinajstić information content (AvgIpc) is 2.16. The van der Waals surface area contributed by atoms with Crippen LogP contribution in [0, 0.1) is 18.3 Å². The lowest BCUT2D eigenvalue weighted by Crippen LogP contribution is -2.13. The van der Waals surface area contributed by atoms with Crippen LogP contribution in [0.5, 0.6) is 0 Å². The highest BCUT2D eigenvalue weighted by Gasteiger charge is 2.01. The van der Waals surface area contributed by atoms with E-state index in [-0.39, 0.29) is 6.54 Å². The fourth-order valence-corrected chi connectivity index (χ4v) is 1.05. The van der Waals surface area contributed by atoms with Gasteiger partial charge in [0.2, 0.25) is 0 Å². The first kappa shape index (κ1) is 10.1. The van der Waals surface area contributed by atoms with Gasteiger partial charge in [-0.3, -0.25) is 4.79 Å². The van der Waals surface area contributed by atoms with E-state index in [4.69, 9.17) is 10.4 Å². The predicted octanol–water partition coefficient (Wildman–Crippen LogP) is 1.36. The lowest BCUT2D eigenvalue weighted by atomic mass is 10.1. The lowest BCUT2D eigenvalue weighted by Gasteiger charge is -2.06. The molecule has 0 saturated heterocycles. The lowest BCUT2D eigenvalue weighted by molar-refractivity contribution is -0.134. The maximum atomic E-state index is 10.3. The van der Waals surface area contributed by atoms with Gasteiger partial charge in [-0.05, 0) is 24.6 Å². The number of hydrogen-bond acceptors (Lipinski definition) is 3. The van der Waals surface area contributed by atoms with Gasteiger partial charge in [0.1, 0.15) is 6.54 Å². The van der Waals surface area contributed by atoms with E-state index in [9.17, 15) is 4.79 Å². The van der Waals surface area contributed by atoms with E-state index in [0.717, 1.165) is 5.56 Å². The van der Waals surface area contributed by atoms with Crippen molar-refractivity contribution in [3.8, 4) is 6.07 Å². The van der Waals surface area contributed by atoms with Crippen molar-refractivity contribution in [1.29, 1.82) is 5.26 Å². The summed E-state index contributed by atoms with van der Waals surface area (Å²) >= 11 is 0. The Morgan fingerprint density at radius 1 is 1.64 bits per heavy atom. The maximum Gasteiger partial charge on any atom is 0.322 e. The largest absolute Gasteiger partial charge is 0.480 e. The Balaban J connectivity index is 2.85. The number of nitrogens with zero attached hydrogens (tertiary/aromatic N) is 1. The van der Waals surface area contributed by atoms with Crippen molar-refractivity contribution < 1.29 is 9.90 Å². The highest BCUT2D eigenvalue weighted by molar-refractivity contribution is 5.73. The zero-order valence-corrected chi connectivity index (χ0v) is 7.74. The minimum atomic E-state index is -0.924. The SMILES string of the molecule is Cc1ccc(C#N)cc1NCC(=O)O. The van der Waals surface area contributed by atoms with Crippen LogP contribution in [0.15, 0.2) is 18.2 Å². The molecule has 0 aromatic heterocycles. The zero-order valence-electron chi connectivity index (χ0n) is 7.74. The van der Waals surface area contributed by atoms with Gasteiger partial charge in [0.25, 0.3) is 0 Å². The number of carbonyl (C=O) groups is 1. The molecule has 1 aromatic rings. The molecule has 4 nitrogen and oxygen atoms in total. The topological polar surface area (TPSA) is 73.1 Å². The minimum Gasteiger partial charge on any atom is -0.480 e. The van der Waals surface area contributed by atoms with Crippen LogP contribution < -0.4 is 5.32 Å². The summed E-state index contributed by atoms with van der Waals surface area (Å²) in [7, 11) is 0. The molecule has 0 aliphatic heterocycles. The maximum absolute atomic E-state index is 10.3. The molecule has 0 spiro atoms. The highest BCUT2D eigenvalue weighted by Crippen LogP contribution is 2.15. The number of nitrogens with one attached hydrogen (secondary N) is 1. The first-order valence-corrected chi connectivity index (χ1v) is 4.10. The number of aryl methyl sites for hydroxylation is 1. The van der Waals surface area contributed by atoms with Crippen LogP contribution in [0.2, 0.25) is 0 Å². The first-order chi connectivity index (χ1) is 6.63. The highest BCUT2D eigenvalue weighted by atomic mass is 16.4. The van der Waals surface area contributed by atoms with E-state index in [1.54, 1.807) is 18.2 Å². The Morgan fingerprint density at radius 3 is 2.93 bits per heavy atom. The molecule has 0 unspecified atom stereocenters. The molecule has 0 atom stereocenters. The van der Waals surface area contributed by atoms with Gasteiger partial charge in [-0.1, -0.05) is 6.07 Å².